The van der Waals surface area contributed by atoms with Gasteiger partial charge in [0.25, 0.3) is 5.91 Å². The number of urea groups is 1. The fraction of sp³-hybridized carbons (Fsp3) is 0.227. The van der Waals surface area contributed by atoms with Crippen molar-refractivity contribution in [3.8, 4) is 11.5 Å². The van der Waals surface area contributed by atoms with Gasteiger partial charge in [-0.25, -0.2) is 4.79 Å². The molecule has 3 heterocycles. The van der Waals surface area contributed by atoms with Crippen LogP contribution < -0.4 is 14.8 Å². The van der Waals surface area contributed by atoms with Gasteiger partial charge in [-0.1, -0.05) is 24.3 Å². The van der Waals surface area contributed by atoms with Gasteiger partial charge in [0, 0.05) is 10.9 Å². The quantitative estimate of drug-likeness (QED) is 0.528. The third kappa shape index (κ3) is 2.57. The molecule has 2 aromatic carbocycles. The van der Waals surface area contributed by atoms with E-state index in [4.69, 9.17) is 13.9 Å². The first kappa shape index (κ1) is 18.2. The van der Waals surface area contributed by atoms with Crippen LogP contribution in [0.4, 0.5) is 4.79 Å². The zero-order valence-corrected chi connectivity index (χ0v) is 16.4. The molecule has 2 aliphatic rings. The molecule has 30 heavy (non-hydrogen) atoms. The van der Waals surface area contributed by atoms with Crippen molar-refractivity contribution in [1.29, 1.82) is 0 Å². The molecule has 0 saturated carbocycles. The lowest BCUT2D eigenvalue weighted by Gasteiger charge is -2.22. The maximum Gasteiger partial charge on any atom is 0.325 e. The molecule has 1 atom stereocenters. The topological polar surface area (TPSA) is 98.1 Å². The van der Waals surface area contributed by atoms with Crippen molar-refractivity contribution in [3.05, 3.63) is 59.4 Å². The molecule has 0 bridgehead atoms. The molecular formula is C22H18N2O6. The highest BCUT2D eigenvalue weighted by Gasteiger charge is 2.50. The standard InChI is InChI=1S/C22H18N2O6/c1-12-14-5-3-4-6-16(14)30-19(12)15(25)10-24-20(26)22(2,23-21(24)27)13-7-8-17-18(9-13)29-11-28-17/h3-9H,10-11H2,1-2H3,(H,23,27)/t22-/m1/s1. The number of hydrogen-bond acceptors (Lipinski definition) is 6. The number of rotatable bonds is 4. The molecule has 1 saturated heterocycles. The Labute approximate surface area is 171 Å². The van der Waals surface area contributed by atoms with Crippen LogP contribution in [0.15, 0.2) is 46.9 Å². The number of hydrogen-bond donors (Lipinski definition) is 1. The summed E-state index contributed by atoms with van der Waals surface area (Å²) in [6.07, 6.45) is 0. The highest BCUT2D eigenvalue weighted by Crippen LogP contribution is 2.38. The maximum absolute atomic E-state index is 13.1. The highest BCUT2D eigenvalue weighted by molar-refractivity contribution is 6.11. The summed E-state index contributed by atoms with van der Waals surface area (Å²) in [5, 5.41) is 3.52. The van der Waals surface area contributed by atoms with E-state index in [0.29, 0.717) is 28.2 Å². The van der Waals surface area contributed by atoms with Crippen molar-refractivity contribution in [2.75, 3.05) is 13.3 Å². The van der Waals surface area contributed by atoms with E-state index in [0.717, 1.165) is 10.3 Å². The van der Waals surface area contributed by atoms with Crippen molar-refractivity contribution >= 4 is 28.7 Å². The molecule has 0 spiro atoms. The van der Waals surface area contributed by atoms with E-state index in [1.165, 1.54) is 0 Å². The maximum atomic E-state index is 13.1. The Kier molecular flexibility index (Phi) is 3.86. The lowest BCUT2D eigenvalue weighted by atomic mass is 9.91. The zero-order valence-electron chi connectivity index (χ0n) is 16.4. The predicted molar refractivity (Wildman–Crippen MR) is 105 cm³/mol. The Morgan fingerprint density at radius 1 is 1.13 bits per heavy atom. The molecule has 1 fully saturated rings. The van der Waals surface area contributed by atoms with E-state index in [1.54, 1.807) is 38.1 Å². The monoisotopic (exact) mass is 406 g/mol. The number of imide groups is 1. The minimum absolute atomic E-state index is 0.104. The van der Waals surface area contributed by atoms with E-state index < -0.39 is 29.8 Å². The van der Waals surface area contributed by atoms with Gasteiger partial charge in [0.1, 0.15) is 11.1 Å². The smallest absolute Gasteiger partial charge is 0.325 e. The van der Waals surface area contributed by atoms with Gasteiger partial charge in [0.05, 0.1) is 6.54 Å². The zero-order chi connectivity index (χ0) is 21.0. The number of ether oxygens (including phenoxy) is 2. The fourth-order valence-corrected chi connectivity index (χ4v) is 3.90. The number of nitrogens with one attached hydrogen (secondary N) is 1. The van der Waals surface area contributed by atoms with Crippen LogP contribution in [0, 0.1) is 6.92 Å². The molecule has 1 N–H and O–H groups in total. The third-order valence-corrected chi connectivity index (χ3v) is 5.62. The first-order valence-electron chi connectivity index (χ1n) is 9.44. The Balaban J connectivity index is 1.43. The highest BCUT2D eigenvalue weighted by atomic mass is 16.7. The average molecular weight is 406 g/mol. The number of aryl methyl sites for hydroxylation is 1. The lowest BCUT2D eigenvalue weighted by Crippen LogP contribution is -2.41. The molecule has 0 radical (unpaired) electrons. The Morgan fingerprint density at radius 2 is 1.90 bits per heavy atom. The molecule has 3 aromatic rings. The molecule has 5 rings (SSSR count). The second-order valence-corrected chi connectivity index (χ2v) is 7.49. The first-order chi connectivity index (χ1) is 14.4. The number of fused-ring (bicyclic) bond motifs is 2. The Hall–Kier alpha value is -3.81. The number of carbonyl (C=O) groups is 3. The first-order valence-corrected chi connectivity index (χ1v) is 9.44. The predicted octanol–water partition coefficient (Wildman–Crippen LogP) is 3.12. The second kappa shape index (κ2) is 6.35. The molecule has 8 heteroatoms. The Bertz CT molecular complexity index is 1230. The summed E-state index contributed by atoms with van der Waals surface area (Å²) in [5.41, 5.74) is 0.489. The van der Waals surface area contributed by atoms with Gasteiger partial charge in [-0.2, -0.15) is 0 Å². The Morgan fingerprint density at radius 3 is 2.70 bits per heavy atom. The number of Topliss-reactive ketones (excluding diaryl/α,β-unsaturated/α-hetero) is 1. The molecular weight excluding hydrogens is 388 g/mol. The van der Waals surface area contributed by atoms with Gasteiger partial charge >= 0.3 is 6.03 Å². The van der Waals surface area contributed by atoms with Gasteiger partial charge in [-0.05, 0) is 37.6 Å². The summed E-state index contributed by atoms with van der Waals surface area (Å²) in [6.45, 7) is 3.07. The molecule has 2 aliphatic heterocycles. The molecule has 152 valence electrons. The SMILES string of the molecule is Cc1c(C(=O)CN2C(=O)N[C@](C)(c3ccc4c(c3)OCO4)C2=O)oc2ccccc12. The van der Waals surface area contributed by atoms with Crippen molar-refractivity contribution in [2.24, 2.45) is 0 Å². The number of para-hydroxylation sites is 1. The van der Waals surface area contributed by atoms with E-state index in [1.807, 2.05) is 18.2 Å². The van der Waals surface area contributed by atoms with Crippen LogP contribution in [0.3, 0.4) is 0 Å². The minimum Gasteiger partial charge on any atom is -0.454 e. The summed E-state index contributed by atoms with van der Waals surface area (Å²) < 4.78 is 16.3. The van der Waals surface area contributed by atoms with Gasteiger partial charge < -0.3 is 19.2 Å². The minimum atomic E-state index is -1.32. The normalized spacial score (nSPS) is 20.1. The van der Waals surface area contributed by atoms with Crippen LogP contribution >= 0.6 is 0 Å². The largest absolute Gasteiger partial charge is 0.454 e. The number of amides is 3. The van der Waals surface area contributed by atoms with Crippen LogP contribution in [0.2, 0.25) is 0 Å². The van der Waals surface area contributed by atoms with Gasteiger partial charge in [0.2, 0.25) is 12.6 Å². The van der Waals surface area contributed by atoms with Crippen molar-refractivity contribution in [2.45, 2.75) is 19.4 Å². The van der Waals surface area contributed by atoms with Gasteiger partial charge in [-0.3, -0.25) is 14.5 Å². The van der Waals surface area contributed by atoms with Gasteiger partial charge in [0.15, 0.2) is 17.3 Å². The van der Waals surface area contributed by atoms with Crippen LogP contribution in [-0.2, 0) is 10.3 Å². The number of ketones is 1. The molecule has 0 unspecified atom stereocenters. The van der Waals surface area contributed by atoms with Crippen LogP contribution in [0.1, 0.15) is 28.6 Å². The summed E-state index contributed by atoms with van der Waals surface area (Å²) in [5.74, 6) is 0.263. The van der Waals surface area contributed by atoms with E-state index in [2.05, 4.69) is 5.32 Å². The second-order valence-electron chi connectivity index (χ2n) is 7.49. The van der Waals surface area contributed by atoms with E-state index >= 15 is 0 Å². The number of carbonyl (C=O) groups excluding carboxylic acids is 3. The number of nitrogens with zero attached hydrogens (tertiary/aromatic N) is 1. The summed E-state index contributed by atoms with van der Waals surface area (Å²) >= 11 is 0. The number of benzene rings is 2. The van der Waals surface area contributed by atoms with Crippen LogP contribution in [-0.4, -0.2) is 36.0 Å². The number of furan rings is 1. The van der Waals surface area contributed by atoms with E-state index in [9.17, 15) is 14.4 Å². The molecule has 8 nitrogen and oxygen atoms in total. The fourth-order valence-electron chi connectivity index (χ4n) is 3.90. The molecule has 1 aromatic heterocycles. The molecule has 3 amide bonds. The lowest BCUT2D eigenvalue weighted by molar-refractivity contribution is -0.130. The summed E-state index contributed by atoms with van der Waals surface area (Å²) in [6, 6.07) is 11.7. The van der Waals surface area contributed by atoms with E-state index in [-0.39, 0.29) is 12.6 Å². The van der Waals surface area contributed by atoms with Gasteiger partial charge in [-0.15, -0.1) is 0 Å². The van der Waals surface area contributed by atoms with Crippen molar-refractivity contribution in [1.82, 2.24) is 10.2 Å². The van der Waals surface area contributed by atoms with Crippen molar-refractivity contribution < 1.29 is 28.3 Å². The van der Waals surface area contributed by atoms with Crippen molar-refractivity contribution in [3.63, 3.8) is 0 Å². The average Bonchev–Trinajstić information content (AvgIpc) is 3.40. The third-order valence-electron chi connectivity index (χ3n) is 5.62. The summed E-state index contributed by atoms with van der Waals surface area (Å²) in [4.78, 5) is 39.5. The van der Waals surface area contributed by atoms with Crippen LogP contribution in [0.5, 0.6) is 11.5 Å². The van der Waals surface area contributed by atoms with Crippen LogP contribution in [0.25, 0.3) is 11.0 Å². The summed E-state index contributed by atoms with van der Waals surface area (Å²) in [7, 11) is 0. The molecule has 0 aliphatic carbocycles.